The van der Waals surface area contributed by atoms with E-state index in [1.165, 1.54) is 12.8 Å². The van der Waals surface area contributed by atoms with Crippen molar-refractivity contribution in [1.29, 1.82) is 0 Å². The number of benzene rings is 1. The SMILES string of the molecule is Nc1ccc(Oc2cccc(CO)c2)nc1OCC1CC1. The van der Waals surface area contributed by atoms with Gasteiger partial charge in [0.1, 0.15) is 5.75 Å². The van der Waals surface area contributed by atoms with Gasteiger partial charge in [-0.2, -0.15) is 4.98 Å². The van der Waals surface area contributed by atoms with E-state index in [-0.39, 0.29) is 6.61 Å². The fourth-order valence-corrected chi connectivity index (χ4v) is 1.92. The van der Waals surface area contributed by atoms with Crippen molar-refractivity contribution in [3.63, 3.8) is 0 Å². The summed E-state index contributed by atoms with van der Waals surface area (Å²) in [6, 6.07) is 10.6. The van der Waals surface area contributed by atoms with Gasteiger partial charge in [-0.25, -0.2) is 0 Å². The maximum atomic E-state index is 9.13. The van der Waals surface area contributed by atoms with E-state index in [0.29, 0.717) is 35.7 Å². The van der Waals surface area contributed by atoms with Crippen molar-refractivity contribution in [1.82, 2.24) is 4.98 Å². The van der Waals surface area contributed by atoms with Gasteiger partial charge in [-0.1, -0.05) is 12.1 Å². The van der Waals surface area contributed by atoms with E-state index in [1.54, 1.807) is 18.2 Å². The molecule has 1 heterocycles. The predicted molar refractivity (Wildman–Crippen MR) is 79.3 cm³/mol. The van der Waals surface area contributed by atoms with E-state index in [9.17, 15) is 0 Å². The first-order valence-electron chi connectivity index (χ1n) is 7.01. The van der Waals surface area contributed by atoms with Crippen LogP contribution < -0.4 is 15.2 Å². The lowest BCUT2D eigenvalue weighted by Crippen LogP contribution is -2.04. The number of hydrogen-bond donors (Lipinski definition) is 2. The van der Waals surface area contributed by atoms with Crippen LogP contribution in [0.25, 0.3) is 0 Å². The Morgan fingerprint density at radius 1 is 1.24 bits per heavy atom. The minimum Gasteiger partial charge on any atom is -0.476 e. The Labute approximate surface area is 123 Å². The number of hydrogen-bond acceptors (Lipinski definition) is 5. The van der Waals surface area contributed by atoms with Gasteiger partial charge in [-0.15, -0.1) is 0 Å². The first-order chi connectivity index (χ1) is 10.2. The van der Waals surface area contributed by atoms with Gasteiger partial charge in [0.05, 0.1) is 18.9 Å². The number of pyridine rings is 1. The van der Waals surface area contributed by atoms with E-state index in [1.807, 2.05) is 18.2 Å². The number of aliphatic hydroxyl groups excluding tert-OH is 1. The summed E-state index contributed by atoms with van der Waals surface area (Å²) >= 11 is 0. The van der Waals surface area contributed by atoms with Crippen molar-refractivity contribution in [2.24, 2.45) is 5.92 Å². The second-order valence-corrected chi connectivity index (χ2v) is 5.21. The van der Waals surface area contributed by atoms with E-state index < -0.39 is 0 Å². The standard InChI is InChI=1S/C16H18N2O3/c17-14-6-7-15(18-16(14)20-10-11-4-5-11)21-13-3-1-2-12(8-13)9-19/h1-3,6-8,11,19H,4-5,9-10,17H2. The minimum atomic E-state index is -0.0257. The van der Waals surface area contributed by atoms with Crippen LogP contribution in [-0.4, -0.2) is 16.7 Å². The molecular formula is C16H18N2O3. The Morgan fingerprint density at radius 2 is 2.10 bits per heavy atom. The first-order valence-corrected chi connectivity index (χ1v) is 7.01. The van der Waals surface area contributed by atoms with Gasteiger partial charge in [-0.3, -0.25) is 0 Å². The predicted octanol–water partition coefficient (Wildman–Crippen LogP) is 2.74. The smallest absolute Gasteiger partial charge is 0.240 e. The molecule has 0 saturated heterocycles. The van der Waals surface area contributed by atoms with E-state index in [0.717, 1.165) is 5.56 Å². The van der Waals surface area contributed by atoms with Crippen LogP contribution in [0.15, 0.2) is 36.4 Å². The Bertz CT molecular complexity index is 627. The molecule has 0 radical (unpaired) electrons. The van der Waals surface area contributed by atoms with Crippen LogP contribution >= 0.6 is 0 Å². The molecule has 1 aliphatic rings. The minimum absolute atomic E-state index is 0.0257. The maximum absolute atomic E-state index is 9.13. The normalized spacial score (nSPS) is 14.0. The van der Waals surface area contributed by atoms with Crippen molar-refractivity contribution in [3.8, 4) is 17.5 Å². The monoisotopic (exact) mass is 286 g/mol. The summed E-state index contributed by atoms with van der Waals surface area (Å²) in [5, 5.41) is 9.13. The van der Waals surface area contributed by atoms with Crippen LogP contribution in [0.1, 0.15) is 18.4 Å². The number of nitrogens with two attached hydrogens (primary N) is 1. The number of anilines is 1. The van der Waals surface area contributed by atoms with Crippen LogP contribution in [0.4, 0.5) is 5.69 Å². The second kappa shape index (κ2) is 6.01. The molecule has 0 spiro atoms. The van der Waals surface area contributed by atoms with Gasteiger partial charge in [-0.05, 0) is 42.5 Å². The van der Waals surface area contributed by atoms with Crippen molar-refractivity contribution in [2.45, 2.75) is 19.4 Å². The zero-order valence-corrected chi connectivity index (χ0v) is 11.7. The summed E-state index contributed by atoms with van der Waals surface area (Å²) in [6.45, 7) is 0.628. The third kappa shape index (κ3) is 3.64. The average molecular weight is 286 g/mol. The van der Waals surface area contributed by atoms with Crippen molar-refractivity contribution in [3.05, 3.63) is 42.0 Å². The lowest BCUT2D eigenvalue weighted by Gasteiger charge is -2.10. The van der Waals surface area contributed by atoms with Crippen LogP contribution in [0, 0.1) is 5.92 Å². The molecule has 3 N–H and O–H groups in total. The lowest BCUT2D eigenvalue weighted by molar-refractivity contribution is 0.280. The van der Waals surface area contributed by atoms with E-state index >= 15 is 0 Å². The highest BCUT2D eigenvalue weighted by molar-refractivity contribution is 5.49. The van der Waals surface area contributed by atoms with Crippen molar-refractivity contribution in [2.75, 3.05) is 12.3 Å². The molecule has 1 aromatic carbocycles. The van der Waals surface area contributed by atoms with Gasteiger partial charge < -0.3 is 20.3 Å². The summed E-state index contributed by atoms with van der Waals surface area (Å²) in [7, 11) is 0. The molecular weight excluding hydrogens is 268 g/mol. The Kier molecular flexibility index (Phi) is 3.92. The molecule has 1 fully saturated rings. The topological polar surface area (TPSA) is 77.6 Å². The summed E-state index contributed by atoms with van der Waals surface area (Å²) in [5.41, 5.74) is 7.15. The van der Waals surface area contributed by atoms with Crippen LogP contribution in [0.2, 0.25) is 0 Å². The number of rotatable bonds is 6. The highest BCUT2D eigenvalue weighted by Gasteiger charge is 2.22. The number of aliphatic hydroxyl groups is 1. The zero-order valence-electron chi connectivity index (χ0n) is 11.7. The molecule has 110 valence electrons. The fraction of sp³-hybridized carbons (Fsp3) is 0.312. The molecule has 1 saturated carbocycles. The third-order valence-electron chi connectivity index (χ3n) is 3.32. The largest absolute Gasteiger partial charge is 0.476 e. The van der Waals surface area contributed by atoms with Crippen LogP contribution in [0.3, 0.4) is 0 Å². The Hall–Kier alpha value is -2.27. The first kappa shape index (κ1) is 13.7. The molecule has 1 aromatic heterocycles. The van der Waals surface area contributed by atoms with Gasteiger partial charge in [0.15, 0.2) is 0 Å². The van der Waals surface area contributed by atoms with Gasteiger partial charge in [0, 0.05) is 6.07 Å². The second-order valence-electron chi connectivity index (χ2n) is 5.21. The molecule has 0 unspecified atom stereocenters. The summed E-state index contributed by atoms with van der Waals surface area (Å²) < 4.78 is 11.3. The maximum Gasteiger partial charge on any atom is 0.240 e. The lowest BCUT2D eigenvalue weighted by atomic mass is 10.2. The molecule has 21 heavy (non-hydrogen) atoms. The number of ether oxygens (including phenoxy) is 2. The number of nitrogen functional groups attached to an aromatic ring is 1. The molecule has 0 bridgehead atoms. The summed E-state index contributed by atoms with van der Waals surface area (Å²) in [4.78, 5) is 4.29. The van der Waals surface area contributed by atoms with Crippen molar-refractivity contribution < 1.29 is 14.6 Å². The molecule has 0 aliphatic heterocycles. The van der Waals surface area contributed by atoms with Crippen LogP contribution in [-0.2, 0) is 6.61 Å². The Balaban J connectivity index is 1.73. The number of aromatic nitrogens is 1. The van der Waals surface area contributed by atoms with E-state index in [2.05, 4.69) is 4.98 Å². The molecule has 2 aromatic rings. The number of nitrogens with zero attached hydrogens (tertiary/aromatic N) is 1. The van der Waals surface area contributed by atoms with E-state index in [4.69, 9.17) is 20.3 Å². The summed E-state index contributed by atoms with van der Waals surface area (Å²) in [5.74, 6) is 2.09. The highest BCUT2D eigenvalue weighted by atomic mass is 16.5. The summed E-state index contributed by atoms with van der Waals surface area (Å²) in [6.07, 6.45) is 2.42. The molecule has 3 rings (SSSR count). The molecule has 0 amide bonds. The quantitative estimate of drug-likeness (QED) is 0.853. The fourth-order valence-electron chi connectivity index (χ4n) is 1.92. The van der Waals surface area contributed by atoms with Crippen molar-refractivity contribution >= 4 is 5.69 Å². The molecule has 5 nitrogen and oxygen atoms in total. The highest BCUT2D eigenvalue weighted by Crippen LogP contribution is 2.31. The molecule has 1 aliphatic carbocycles. The van der Waals surface area contributed by atoms with Gasteiger partial charge in [0.25, 0.3) is 0 Å². The van der Waals surface area contributed by atoms with Gasteiger partial charge in [0.2, 0.25) is 11.8 Å². The molecule has 0 atom stereocenters. The van der Waals surface area contributed by atoms with Crippen LogP contribution in [0.5, 0.6) is 17.5 Å². The third-order valence-corrected chi connectivity index (χ3v) is 3.32. The Morgan fingerprint density at radius 3 is 2.86 bits per heavy atom. The molecule has 5 heteroatoms. The zero-order chi connectivity index (χ0) is 14.7. The van der Waals surface area contributed by atoms with Gasteiger partial charge >= 0.3 is 0 Å². The average Bonchev–Trinajstić information content (AvgIpc) is 3.32.